The van der Waals surface area contributed by atoms with E-state index in [-0.39, 0.29) is 41.3 Å². The van der Waals surface area contributed by atoms with Gasteiger partial charge < -0.3 is 4.42 Å². The second kappa shape index (κ2) is 7.66. The molecule has 5 aliphatic carbocycles. The molecule has 33 heavy (non-hydrogen) atoms. The molecule has 6 rings (SSSR count). The molecule has 184 valence electrons. The maximum absolute atomic E-state index is 12.4. The number of hydrogen-bond donors (Lipinski definition) is 0. The van der Waals surface area contributed by atoms with Crippen molar-refractivity contribution in [1.29, 1.82) is 0 Å². The third-order valence-corrected chi connectivity index (χ3v) is 7.68. The second-order valence-corrected chi connectivity index (χ2v) is 10.4. The van der Waals surface area contributed by atoms with Gasteiger partial charge in [-0.2, -0.15) is 0 Å². The third-order valence-electron chi connectivity index (χ3n) is 7.68. The van der Waals surface area contributed by atoms with Crippen LogP contribution in [0.3, 0.4) is 0 Å². The van der Waals surface area contributed by atoms with Crippen molar-refractivity contribution >= 4 is 5.78 Å². The van der Waals surface area contributed by atoms with Gasteiger partial charge in [0.15, 0.2) is 0 Å². The van der Waals surface area contributed by atoms with E-state index >= 15 is 0 Å². The van der Waals surface area contributed by atoms with Gasteiger partial charge in [0, 0.05) is 18.8 Å². The van der Waals surface area contributed by atoms with Crippen LogP contribution in [0.2, 0.25) is 0 Å². The van der Waals surface area contributed by atoms with Gasteiger partial charge in [0.2, 0.25) is 11.8 Å². The van der Waals surface area contributed by atoms with Crippen molar-refractivity contribution < 1.29 is 45.0 Å². The van der Waals surface area contributed by atoms with E-state index in [9.17, 15) is 31.1 Å². The molecule has 5 saturated carbocycles. The monoisotopic (exact) mass is 482 g/mol. The Labute approximate surface area is 185 Å². The Morgan fingerprint density at radius 3 is 2.09 bits per heavy atom. The highest BCUT2D eigenvalue weighted by molar-refractivity contribution is 5.79. The van der Waals surface area contributed by atoms with Gasteiger partial charge >= 0.3 is 12.7 Å². The van der Waals surface area contributed by atoms with Gasteiger partial charge in [0.05, 0.1) is 17.6 Å². The average Bonchev–Trinajstić information content (AvgIpc) is 3.01. The number of carbonyl (C=O) groups is 1. The van der Waals surface area contributed by atoms with Crippen molar-refractivity contribution in [2.45, 2.75) is 100 Å². The van der Waals surface area contributed by atoms with E-state index in [1.54, 1.807) is 0 Å². The second-order valence-electron chi connectivity index (χ2n) is 10.4. The molecule has 5 aliphatic rings. The summed E-state index contributed by atoms with van der Waals surface area (Å²) < 4.78 is 86.9. The van der Waals surface area contributed by atoms with Crippen LogP contribution in [0.1, 0.15) is 81.9 Å². The molecule has 1 heterocycles. The smallest absolute Gasteiger partial charge is 0.424 e. The number of Topliss-reactive ketones (excluding diaryl/α,β-unsaturated/α-hetero) is 1. The van der Waals surface area contributed by atoms with Gasteiger partial charge in [0.25, 0.3) is 0 Å². The van der Waals surface area contributed by atoms with Crippen LogP contribution in [-0.2, 0) is 19.7 Å². The lowest BCUT2D eigenvalue weighted by Crippen LogP contribution is -2.65. The number of alkyl halides is 6. The predicted octanol–water partition coefficient (Wildman–Crippen LogP) is 5.33. The van der Waals surface area contributed by atoms with Crippen LogP contribution in [0.15, 0.2) is 4.42 Å². The zero-order valence-electron chi connectivity index (χ0n) is 17.7. The van der Waals surface area contributed by atoms with Crippen molar-refractivity contribution in [3.63, 3.8) is 0 Å². The van der Waals surface area contributed by atoms with E-state index in [0.29, 0.717) is 43.9 Å². The molecule has 2 bridgehead atoms. The van der Waals surface area contributed by atoms with E-state index in [0.717, 1.165) is 19.3 Å². The van der Waals surface area contributed by atoms with E-state index in [4.69, 9.17) is 4.42 Å². The van der Waals surface area contributed by atoms with Gasteiger partial charge in [-0.05, 0) is 62.7 Å². The van der Waals surface area contributed by atoms with Crippen molar-refractivity contribution in [3.05, 3.63) is 11.8 Å². The van der Waals surface area contributed by atoms with E-state index in [1.807, 2.05) is 0 Å². The number of nitrogens with zero attached hydrogens (tertiary/aromatic N) is 2. The lowest BCUT2D eigenvalue weighted by atomic mass is 9.34. The summed E-state index contributed by atoms with van der Waals surface area (Å²) in [5.74, 6) is 0.839. The average molecular weight is 482 g/mol. The minimum atomic E-state index is -4.64. The molecule has 1 aromatic rings. The van der Waals surface area contributed by atoms with Crippen LogP contribution in [-0.4, -0.2) is 40.9 Å². The van der Waals surface area contributed by atoms with Gasteiger partial charge in [-0.1, -0.05) is 0 Å². The first-order valence-electron chi connectivity index (χ1n) is 11.2. The molecule has 5 fully saturated rings. The van der Waals surface area contributed by atoms with Crippen molar-refractivity contribution in [2.75, 3.05) is 0 Å². The molecular formula is C21H24F6N2O4. The Morgan fingerprint density at radius 2 is 1.52 bits per heavy atom. The highest BCUT2D eigenvalue weighted by Gasteiger charge is 2.71. The van der Waals surface area contributed by atoms with E-state index < -0.39 is 24.9 Å². The van der Waals surface area contributed by atoms with Gasteiger partial charge in [-0.15, -0.1) is 36.5 Å². The molecule has 0 aromatic carbocycles. The number of hydrogen-bond acceptors (Lipinski definition) is 6. The number of ketones is 1. The fraction of sp³-hybridized carbons (Fsp3) is 0.857. The minimum absolute atomic E-state index is 0.0601. The van der Waals surface area contributed by atoms with Gasteiger partial charge in [0.1, 0.15) is 5.78 Å². The Hall–Kier alpha value is -1.69. The van der Waals surface area contributed by atoms with E-state index in [2.05, 4.69) is 19.7 Å². The molecule has 12 heteroatoms. The van der Waals surface area contributed by atoms with Crippen LogP contribution in [0.5, 0.6) is 0 Å². The summed E-state index contributed by atoms with van der Waals surface area (Å²) in [6, 6.07) is 0. The maximum Gasteiger partial charge on any atom is 0.522 e. The van der Waals surface area contributed by atoms with Crippen molar-refractivity contribution in [2.24, 2.45) is 11.3 Å². The number of aromatic nitrogens is 2. The molecule has 6 nitrogen and oxygen atoms in total. The topological polar surface area (TPSA) is 74.5 Å². The Bertz CT molecular complexity index is 882. The summed E-state index contributed by atoms with van der Waals surface area (Å²) in [6.07, 6.45) is -6.15. The Kier molecular flexibility index (Phi) is 5.35. The van der Waals surface area contributed by atoms with E-state index in [1.165, 1.54) is 0 Å². The first kappa shape index (κ1) is 23.1. The molecular weight excluding hydrogens is 458 g/mol. The summed E-state index contributed by atoms with van der Waals surface area (Å²) in [6.45, 7) is 0. The van der Waals surface area contributed by atoms with Crippen LogP contribution in [0.4, 0.5) is 26.3 Å². The highest BCUT2D eigenvalue weighted by atomic mass is 19.4. The molecule has 0 N–H and O–H groups in total. The molecule has 0 aliphatic heterocycles. The zero-order chi connectivity index (χ0) is 23.6. The summed E-state index contributed by atoms with van der Waals surface area (Å²) in [4.78, 5) is 12.4. The molecule has 0 atom stereocenters. The largest absolute Gasteiger partial charge is 0.522 e. The van der Waals surface area contributed by atoms with Gasteiger partial charge in [-0.25, -0.2) is 0 Å². The van der Waals surface area contributed by atoms with Crippen molar-refractivity contribution in [1.82, 2.24) is 10.2 Å². The SMILES string of the molecule is O=C(CCC1CC(OC(F)(F)F)C1)CC12CC(c3nnc(C4CC(OC(F)(F)F)C4)o3)(C1)C2. The molecule has 1 aromatic heterocycles. The maximum atomic E-state index is 12.4. The molecule has 0 unspecified atom stereocenters. The van der Waals surface area contributed by atoms with Crippen LogP contribution >= 0.6 is 0 Å². The first-order valence-corrected chi connectivity index (χ1v) is 11.2. The zero-order valence-corrected chi connectivity index (χ0v) is 17.7. The highest BCUT2D eigenvalue weighted by Crippen LogP contribution is 2.75. The summed E-state index contributed by atoms with van der Waals surface area (Å²) in [5, 5.41) is 8.13. The number of ether oxygens (including phenoxy) is 2. The standard InChI is InChI=1S/C21H24F6N2O4/c22-20(23,24)32-14-3-11(4-14)1-2-13(30)7-18-8-19(9-18,10-18)17-29-28-16(31-17)12-5-15(6-12)33-21(25,26)27/h11-12,14-15H,1-10H2. The summed E-state index contributed by atoms with van der Waals surface area (Å²) >= 11 is 0. The molecule has 0 radical (unpaired) electrons. The van der Waals surface area contributed by atoms with Crippen LogP contribution < -0.4 is 0 Å². The third kappa shape index (κ3) is 4.78. The summed E-state index contributed by atoms with van der Waals surface area (Å²) in [5.41, 5.74) is -0.289. The Morgan fingerprint density at radius 1 is 0.939 bits per heavy atom. The van der Waals surface area contributed by atoms with Crippen LogP contribution in [0, 0.1) is 11.3 Å². The molecule has 0 saturated heterocycles. The lowest BCUT2D eigenvalue weighted by Gasteiger charge is -2.69. The fourth-order valence-electron chi connectivity index (χ4n) is 6.15. The lowest BCUT2D eigenvalue weighted by molar-refractivity contribution is -0.354. The number of halogens is 6. The number of rotatable bonds is 9. The fourth-order valence-corrected chi connectivity index (χ4v) is 6.15. The quantitative estimate of drug-likeness (QED) is 0.443. The Balaban J connectivity index is 1.01. The minimum Gasteiger partial charge on any atom is -0.424 e. The molecule has 0 spiro atoms. The predicted molar refractivity (Wildman–Crippen MR) is 97.7 cm³/mol. The first-order chi connectivity index (χ1) is 15.3. The van der Waals surface area contributed by atoms with Crippen molar-refractivity contribution in [3.8, 4) is 0 Å². The van der Waals surface area contributed by atoms with Gasteiger partial charge in [-0.3, -0.25) is 14.3 Å². The summed E-state index contributed by atoms with van der Waals surface area (Å²) in [7, 11) is 0. The molecule has 0 amide bonds. The van der Waals surface area contributed by atoms with Crippen LogP contribution in [0.25, 0.3) is 0 Å². The normalized spacial score (nSPS) is 37.5. The number of carbonyl (C=O) groups excluding carboxylic acids is 1.